The van der Waals surface area contributed by atoms with Crippen molar-refractivity contribution in [1.82, 2.24) is 5.32 Å². The number of amides is 1. The minimum atomic E-state index is -3.64. The lowest BCUT2D eigenvalue weighted by Crippen LogP contribution is -2.35. The van der Waals surface area contributed by atoms with Gasteiger partial charge in [0.2, 0.25) is 0 Å². The first-order valence-electron chi connectivity index (χ1n) is 9.91. The number of sulfonamides is 1. The number of aryl methyl sites for hydroxylation is 1. The van der Waals surface area contributed by atoms with Crippen molar-refractivity contribution in [2.75, 3.05) is 4.31 Å². The number of anilines is 1. The van der Waals surface area contributed by atoms with Crippen LogP contribution in [0.5, 0.6) is 0 Å². The molecule has 1 atom stereocenters. The molecule has 1 saturated carbocycles. The van der Waals surface area contributed by atoms with Crippen molar-refractivity contribution in [2.24, 2.45) is 0 Å². The van der Waals surface area contributed by atoms with Crippen LogP contribution in [0.3, 0.4) is 0 Å². The highest BCUT2D eigenvalue weighted by Crippen LogP contribution is 2.37. The number of nitrogens with zero attached hydrogens (tertiary/aromatic N) is 1. The van der Waals surface area contributed by atoms with Gasteiger partial charge < -0.3 is 5.32 Å². The average Bonchev–Trinajstić information content (AvgIpc) is 3.28. The van der Waals surface area contributed by atoms with Crippen LogP contribution in [-0.2, 0) is 16.4 Å². The number of carbonyl (C=O) groups is 1. The Morgan fingerprint density at radius 2 is 1.75 bits per heavy atom. The van der Waals surface area contributed by atoms with Crippen LogP contribution in [0.2, 0.25) is 0 Å². The normalized spacial score (nSPS) is 19.6. The predicted molar refractivity (Wildman–Crippen MR) is 110 cm³/mol. The zero-order chi connectivity index (χ0) is 19.9. The fourth-order valence-corrected chi connectivity index (χ4v) is 5.97. The number of rotatable bonds is 4. The molecule has 2 aromatic rings. The summed E-state index contributed by atoms with van der Waals surface area (Å²) in [6.45, 7) is 3.84. The van der Waals surface area contributed by atoms with Crippen LogP contribution < -0.4 is 9.62 Å². The Morgan fingerprint density at radius 3 is 2.43 bits per heavy atom. The lowest BCUT2D eigenvalue weighted by atomic mass is 10.1. The van der Waals surface area contributed by atoms with Crippen molar-refractivity contribution in [3.05, 3.63) is 59.2 Å². The van der Waals surface area contributed by atoms with Gasteiger partial charge in [-0.3, -0.25) is 9.10 Å². The van der Waals surface area contributed by atoms with E-state index in [2.05, 4.69) is 5.32 Å². The lowest BCUT2D eigenvalue weighted by molar-refractivity contribution is 0.0938. The van der Waals surface area contributed by atoms with Gasteiger partial charge in [0.15, 0.2) is 0 Å². The summed E-state index contributed by atoms with van der Waals surface area (Å²) in [4.78, 5) is 12.9. The minimum Gasteiger partial charge on any atom is -0.349 e. The van der Waals surface area contributed by atoms with Gasteiger partial charge in [0.25, 0.3) is 15.9 Å². The van der Waals surface area contributed by atoms with E-state index in [1.54, 1.807) is 24.3 Å². The molecule has 0 aromatic heterocycles. The molecule has 1 fully saturated rings. The second kappa shape index (κ2) is 7.24. The van der Waals surface area contributed by atoms with Crippen molar-refractivity contribution in [3.8, 4) is 0 Å². The van der Waals surface area contributed by atoms with Gasteiger partial charge in [0.05, 0.1) is 10.6 Å². The molecule has 2 aromatic carbocycles. The molecule has 5 nitrogen and oxygen atoms in total. The van der Waals surface area contributed by atoms with Crippen LogP contribution in [0.4, 0.5) is 5.69 Å². The number of carbonyl (C=O) groups excluding carboxylic acids is 1. The highest BCUT2D eigenvalue weighted by atomic mass is 32.2. The number of hydrogen-bond acceptors (Lipinski definition) is 3. The van der Waals surface area contributed by atoms with E-state index in [-0.39, 0.29) is 18.0 Å². The Labute approximate surface area is 166 Å². The average molecular weight is 399 g/mol. The third kappa shape index (κ3) is 3.41. The highest BCUT2D eigenvalue weighted by molar-refractivity contribution is 7.92. The number of benzene rings is 2. The van der Waals surface area contributed by atoms with E-state index < -0.39 is 10.0 Å². The van der Waals surface area contributed by atoms with Gasteiger partial charge in [-0.15, -0.1) is 0 Å². The highest BCUT2D eigenvalue weighted by Gasteiger charge is 2.36. The molecule has 2 aliphatic rings. The second-order valence-corrected chi connectivity index (χ2v) is 9.78. The fourth-order valence-electron chi connectivity index (χ4n) is 4.27. The van der Waals surface area contributed by atoms with Gasteiger partial charge in [-0.2, -0.15) is 0 Å². The molecule has 1 heterocycles. The van der Waals surface area contributed by atoms with Crippen molar-refractivity contribution in [3.63, 3.8) is 0 Å². The van der Waals surface area contributed by atoms with E-state index in [1.807, 2.05) is 32.0 Å². The molecule has 0 bridgehead atoms. The van der Waals surface area contributed by atoms with Crippen molar-refractivity contribution < 1.29 is 13.2 Å². The van der Waals surface area contributed by atoms with E-state index >= 15 is 0 Å². The summed E-state index contributed by atoms with van der Waals surface area (Å²) in [6.07, 6.45) is 5.01. The maximum atomic E-state index is 13.2. The monoisotopic (exact) mass is 398 g/mol. The molecule has 0 spiro atoms. The van der Waals surface area contributed by atoms with Gasteiger partial charge >= 0.3 is 0 Å². The second-order valence-electron chi connectivity index (χ2n) is 7.97. The molecule has 1 aliphatic heterocycles. The van der Waals surface area contributed by atoms with Crippen molar-refractivity contribution >= 4 is 21.6 Å². The Hall–Kier alpha value is -2.34. The van der Waals surface area contributed by atoms with Crippen LogP contribution in [-0.4, -0.2) is 26.4 Å². The molecular weight excluding hydrogens is 372 g/mol. The summed E-state index contributed by atoms with van der Waals surface area (Å²) in [6, 6.07) is 12.4. The molecule has 0 unspecified atom stereocenters. The summed E-state index contributed by atoms with van der Waals surface area (Å²) in [5.41, 5.74) is 3.20. The van der Waals surface area contributed by atoms with Gasteiger partial charge in [0, 0.05) is 17.6 Å². The fraction of sp³-hybridized carbons (Fsp3) is 0.409. The molecule has 0 radical (unpaired) electrons. The number of fused-ring (bicyclic) bond motifs is 1. The molecule has 6 heteroatoms. The Morgan fingerprint density at radius 1 is 1.07 bits per heavy atom. The summed E-state index contributed by atoms with van der Waals surface area (Å²) in [5.74, 6) is -0.0674. The molecule has 148 valence electrons. The summed E-state index contributed by atoms with van der Waals surface area (Å²) < 4.78 is 27.9. The zero-order valence-corrected chi connectivity index (χ0v) is 17.1. The smallest absolute Gasteiger partial charge is 0.264 e. The Bertz CT molecular complexity index is 993. The first-order valence-corrected chi connectivity index (χ1v) is 11.3. The molecule has 1 amide bonds. The van der Waals surface area contributed by atoms with Crippen LogP contribution in [0.15, 0.2) is 47.4 Å². The van der Waals surface area contributed by atoms with E-state index in [0.717, 1.165) is 24.0 Å². The third-order valence-electron chi connectivity index (χ3n) is 5.76. The molecule has 0 saturated heterocycles. The molecule has 1 aliphatic carbocycles. The van der Waals surface area contributed by atoms with E-state index in [9.17, 15) is 13.2 Å². The van der Waals surface area contributed by atoms with Gasteiger partial charge in [0.1, 0.15) is 0 Å². The van der Waals surface area contributed by atoms with Crippen LogP contribution in [0, 0.1) is 6.92 Å². The molecule has 1 N–H and O–H groups in total. The van der Waals surface area contributed by atoms with Gasteiger partial charge in [-0.05, 0) is 69.0 Å². The quantitative estimate of drug-likeness (QED) is 0.852. The summed E-state index contributed by atoms with van der Waals surface area (Å²) in [5, 5.41) is 3.10. The Kier molecular flexibility index (Phi) is 4.91. The maximum absolute atomic E-state index is 13.2. The molecule has 4 rings (SSSR count). The summed E-state index contributed by atoms with van der Waals surface area (Å²) >= 11 is 0. The van der Waals surface area contributed by atoms with E-state index in [4.69, 9.17) is 0 Å². The molecule has 28 heavy (non-hydrogen) atoms. The van der Waals surface area contributed by atoms with Crippen LogP contribution in [0.1, 0.15) is 54.1 Å². The van der Waals surface area contributed by atoms with E-state index in [1.165, 1.54) is 17.1 Å². The van der Waals surface area contributed by atoms with Crippen molar-refractivity contribution in [1.29, 1.82) is 0 Å². The first kappa shape index (κ1) is 19.0. The Balaban J connectivity index is 1.62. The summed E-state index contributed by atoms with van der Waals surface area (Å²) in [7, 11) is -3.64. The third-order valence-corrected chi connectivity index (χ3v) is 7.71. The maximum Gasteiger partial charge on any atom is 0.264 e. The molecular formula is C22H26N2O3S. The van der Waals surface area contributed by atoms with Crippen LogP contribution >= 0.6 is 0 Å². The number of hydrogen-bond donors (Lipinski definition) is 1. The predicted octanol–water partition coefficient (Wildman–Crippen LogP) is 3.81. The number of nitrogens with one attached hydrogen (secondary N) is 1. The largest absolute Gasteiger partial charge is 0.349 e. The van der Waals surface area contributed by atoms with Crippen molar-refractivity contribution in [2.45, 2.75) is 62.9 Å². The SMILES string of the molecule is Cc1ccc(S(=O)(=O)N2c3ccc(C(=O)NC4CCCC4)cc3C[C@@H]2C)cc1. The lowest BCUT2D eigenvalue weighted by Gasteiger charge is -2.24. The van der Waals surface area contributed by atoms with Crippen LogP contribution in [0.25, 0.3) is 0 Å². The van der Waals surface area contributed by atoms with Gasteiger partial charge in [-0.25, -0.2) is 8.42 Å². The first-order chi connectivity index (χ1) is 13.4. The van der Waals surface area contributed by atoms with E-state index in [0.29, 0.717) is 22.6 Å². The standard InChI is InChI=1S/C22H26N2O3S/c1-15-7-10-20(11-8-15)28(26,27)24-16(2)13-18-14-17(9-12-21(18)24)22(25)23-19-5-3-4-6-19/h7-12,14,16,19H,3-6,13H2,1-2H3,(H,23,25)/t16-/m0/s1. The van der Waals surface area contributed by atoms with Gasteiger partial charge in [-0.1, -0.05) is 30.5 Å². The topological polar surface area (TPSA) is 66.5 Å². The zero-order valence-electron chi connectivity index (χ0n) is 16.3. The minimum absolute atomic E-state index is 0.0674.